The Bertz CT molecular complexity index is 926. The van der Waals surface area contributed by atoms with E-state index in [0.717, 1.165) is 41.8 Å². The maximum atomic E-state index is 12.4. The number of fused-ring (bicyclic) bond motifs is 1. The molecule has 1 aliphatic rings. The van der Waals surface area contributed by atoms with Gasteiger partial charge in [-0.05, 0) is 50.6 Å². The fourth-order valence-corrected chi connectivity index (χ4v) is 3.64. The zero-order chi connectivity index (χ0) is 18.8. The molecule has 0 radical (unpaired) electrons. The molecule has 1 aliphatic heterocycles. The molecular formula is C20H25ClN6O. The number of pyridine rings is 1. The molecule has 1 aromatic carbocycles. The molecule has 0 bridgehead atoms. The maximum Gasteiger partial charge on any atom is 0.319 e. The number of amides is 2. The molecule has 3 heterocycles. The van der Waals surface area contributed by atoms with Crippen molar-refractivity contribution in [1.82, 2.24) is 25.2 Å². The van der Waals surface area contributed by atoms with Crippen LogP contribution in [0.5, 0.6) is 0 Å². The Kier molecular flexibility index (Phi) is 6.16. The lowest BCUT2D eigenvalue weighted by Gasteiger charge is -2.36. The first-order chi connectivity index (χ1) is 13.1. The van der Waals surface area contributed by atoms with Crippen molar-refractivity contribution >= 4 is 35.2 Å². The third-order valence-corrected chi connectivity index (χ3v) is 5.06. The Hall–Kier alpha value is -2.64. The molecule has 3 aromatic rings. The van der Waals surface area contributed by atoms with Gasteiger partial charge in [0.25, 0.3) is 0 Å². The van der Waals surface area contributed by atoms with Gasteiger partial charge in [-0.2, -0.15) is 0 Å². The number of hydrogen-bond donors (Lipinski definition) is 3. The van der Waals surface area contributed by atoms with Crippen LogP contribution in [0.1, 0.15) is 30.3 Å². The standard InChI is InChI=1S/C20H24N6O.ClH/c1-13-9-15(12-21-11-13)23-20(27)22-14-7-8-26(2)18(10-14)19-24-16-5-3-4-6-17(16)25-19;/h3-6,9,11-12,14,18H,7-8,10H2,1-2H3,(H,24,25)(H2,22,23,27);1H/t14-,18-;/m1./s1. The van der Waals surface area contributed by atoms with Crippen LogP contribution in [0.4, 0.5) is 10.5 Å². The topological polar surface area (TPSA) is 85.9 Å². The number of imidazole rings is 1. The number of nitrogens with one attached hydrogen (secondary N) is 3. The smallest absolute Gasteiger partial charge is 0.319 e. The van der Waals surface area contributed by atoms with Crippen LogP contribution in [0.2, 0.25) is 0 Å². The molecule has 0 unspecified atom stereocenters. The van der Waals surface area contributed by atoms with E-state index >= 15 is 0 Å². The number of carbonyl (C=O) groups is 1. The molecular weight excluding hydrogens is 376 g/mol. The SMILES string of the molecule is Cc1cncc(NC(=O)N[C@@H]2CCN(C)[C@@H](c3nc4ccccc4[nH]3)C2)c1.Cl. The number of benzene rings is 1. The van der Waals surface area contributed by atoms with E-state index in [9.17, 15) is 4.79 Å². The number of H-pyrrole nitrogens is 1. The summed E-state index contributed by atoms with van der Waals surface area (Å²) < 4.78 is 0. The largest absolute Gasteiger partial charge is 0.341 e. The number of hydrogen-bond acceptors (Lipinski definition) is 4. The summed E-state index contributed by atoms with van der Waals surface area (Å²) in [6.45, 7) is 2.85. The van der Waals surface area contributed by atoms with Gasteiger partial charge in [-0.3, -0.25) is 9.88 Å². The Morgan fingerprint density at radius 3 is 2.89 bits per heavy atom. The Labute approximate surface area is 170 Å². The van der Waals surface area contributed by atoms with E-state index in [1.807, 2.05) is 37.3 Å². The van der Waals surface area contributed by atoms with Gasteiger partial charge in [-0.1, -0.05) is 12.1 Å². The molecule has 2 amide bonds. The van der Waals surface area contributed by atoms with Gasteiger partial charge in [-0.15, -0.1) is 12.4 Å². The summed E-state index contributed by atoms with van der Waals surface area (Å²) in [5.41, 5.74) is 3.73. The lowest BCUT2D eigenvalue weighted by molar-refractivity contribution is 0.153. The molecule has 0 saturated carbocycles. The Morgan fingerprint density at radius 1 is 1.29 bits per heavy atom. The number of para-hydroxylation sites is 2. The number of anilines is 1. The van der Waals surface area contributed by atoms with Crippen LogP contribution in [0.3, 0.4) is 0 Å². The van der Waals surface area contributed by atoms with E-state index in [1.54, 1.807) is 12.4 Å². The second-order valence-corrected chi connectivity index (χ2v) is 7.21. The lowest BCUT2D eigenvalue weighted by atomic mass is 9.97. The van der Waals surface area contributed by atoms with Crippen molar-refractivity contribution in [2.24, 2.45) is 0 Å². The number of aromatic nitrogens is 3. The zero-order valence-corrected chi connectivity index (χ0v) is 16.8. The van der Waals surface area contributed by atoms with Crippen molar-refractivity contribution in [3.8, 4) is 0 Å². The summed E-state index contributed by atoms with van der Waals surface area (Å²) in [7, 11) is 2.10. The lowest BCUT2D eigenvalue weighted by Crippen LogP contribution is -2.46. The van der Waals surface area contributed by atoms with E-state index < -0.39 is 0 Å². The normalized spacial score (nSPS) is 19.8. The van der Waals surface area contributed by atoms with Crippen LogP contribution in [-0.4, -0.2) is 45.5 Å². The number of aryl methyl sites for hydroxylation is 1. The summed E-state index contributed by atoms with van der Waals surface area (Å²) >= 11 is 0. The van der Waals surface area contributed by atoms with Gasteiger partial charge in [0.15, 0.2) is 0 Å². The van der Waals surface area contributed by atoms with Gasteiger partial charge in [0.2, 0.25) is 0 Å². The summed E-state index contributed by atoms with van der Waals surface area (Å²) in [5, 5.41) is 5.96. The van der Waals surface area contributed by atoms with Gasteiger partial charge >= 0.3 is 6.03 Å². The quantitative estimate of drug-likeness (QED) is 0.626. The minimum Gasteiger partial charge on any atom is -0.341 e. The molecule has 0 spiro atoms. The van der Waals surface area contributed by atoms with Gasteiger partial charge in [0.05, 0.1) is 29.0 Å². The zero-order valence-electron chi connectivity index (χ0n) is 16.0. The van der Waals surface area contributed by atoms with Gasteiger partial charge in [0, 0.05) is 18.8 Å². The van der Waals surface area contributed by atoms with Crippen LogP contribution in [0, 0.1) is 6.92 Å². The maximum absolute atomic E-state index is 12.4. The Morgan fingerprint density at radius 2 is 2.11 bits per heavy atom. The molecule has 0 aliphatic carbocycles. The van der Waals surface area contributed by atoms with E-state index in [0.29, 0.717) is 5.69 Å². The number of rotatable bonds is 3. The summed E-state index contributed by atoms with van der Waals surface area (Å²) in [6.07, 6.45) is 5.14. The first-order valence-electron chi connectivity index (χ1n) is 9.22. The van der Waals surface area contributed by atoms with Gasteiger partial charge in [-0.25, -0.2) is 9.78 Å². The van der Waals surface area contributed by atoms with Crippen molar-refractivity contribution in [3.63, 3.8) is 0 Å². The highest BCUT2D eigenvalue weighted by atomic mass is 35.5. The van der Waals surface area contributed by atoms with Crippen LogP contribution in [-0.2, 0) is 0 Å². The van der Waals surface area contributed by atoms with Crippen molar-refractivity contribution in [2.75, 3.05) is 18.9 Å². The summed E-state index contributed by atoms with van der Waals surface area (Å²) in [6, 6.07) is 9.99. The van der Waals surface area contributed by atoms with Gasteiger partial charge < -0.3 is 15.6 Å². The molecule has 148 valence electrons. The molecule has 28 heavy (non-hydrogen) atoms. The number of urea groups is 1. The molecule has 2 aromatic heterocycles. The molecule has 1 fully saturated rings. The number of halogens is 1. The van der Waals surface area contributed by atoms with Crippen LogP contribution < -0.4 is 10.6 Å². The minimum atomic E-state index is -0.194. The fraction of sp³-hybridized carbons (Fsp3) is 0.350. The predicted octanol–water partition coefficient (Wildman–Crippen LogP) is 3.65. The van der Waals surface area contributed by atoms with E-state index in [1.165, 1.54) is 0 Å². The highest BCUT2D eigenvalue weighted by Gasteiger charge is 2.30. The molecule has 2 atom stereocenters. The average Bonchev–Trinajstić information content (AvgIpc) is 3.07. The van der Waals surface area contributed by atoms with Gasteiger partial charge in [0.1, 0.15) is 5.82 Å². The monoisotopic (exact) mass is 400 g/mol. The molecule has 8 heteroatoms. The molecule has 7 nitrogen and oxygen atoms in total. The Balaban J connectivity index is 0.00000225. The van der Waals surface area contributed by atoms with Crippen molar-refractivity contribution < 1.29 is 4.79 Å². The summed E-state index contributed by atoms with van der Waals surface area (Å²) in [4.78, 5) is 26.9. The first-order valence-corrected chi connectivity index (χ1v) is 9.22. The van der Waals surface area contributed by atoms with E-state index in [4.69, 9.17) is 4.98 Å². The fourth-order valence-electron chi connectivity index (χ4n) is 3.64. The summed E-state index contributed by atoms with van der Waals surface area (Å²) in [5.74, 6) is 0.952. The molecule has 1 saturated heterocycles. The average molecular weight is 401 g/mol. The first kappa shape index (κ1) is 20.1. The van der Waals surface area contributed by atoms with E-state index in [-0.39, 0.29) is 30.5 Å². The number of carbonyl (C=O) groups excluding carboxylic acids is 1. The van der Waals surface area contributed by atoms with Crippen molar-refractivity contribution in [2.45, 2.75) is 31.8 Å². The highest BCUT2D eigenvalue weighted by molar-refractivity contribution is 5.89. The van der Waals surface area contributed by atoms with Crippen molar-refractivity contribution in [1.29, 1.82) is 0 Å². The predicted molar refractivity (Wildman–Crippen MR) is 113 cm³/mol. The number of likely N-dealkylation sites (tertiary alicyclic amines) is 1. The van der Waals surface area contributed by atoms with Crippen molar-refractivity contribution in [3.05, 3.63) is 54.1 Å². The third-order valence-electron chi connectivity index (χ3n) is 5.06. The second kappa shape index (κ2) is 8.58. The molecule has 3 N–H and O–H groups in total. The minimum absolute atomic E-state index is 0. The highest BCUT2D eigenvalue weighted by Crippen LogP contribution is 2.29. The second-order valence-electron chi connectivity index (χ2n) is 7.21. The number of nitrogens with zero attached hydrogens (tertiary/aromatic N) is 3. The van der Waals surface area contributed by atoms with Crippen LogP contribution in [0.25, 0.3) is 11.0 Å². The van der Waals surface area contributed by atoms with Crippen LogP contribution in [0.15, 0.2) is 42.7 Å². The third kappa shape index (κ3) is 4.43. The number of piperidine rings is 1. The number of aromatic amines is 1. The van der Waals surface area contributed by atoms with Crippen LogP contribution >= 0.6 is 12.4 Å². The van der Waals surface area contributed by atoms with E-state index in [2.05, 4.69) is 32.5 Å². The molecule has 4 rings (SSSR count).